The van der Waals surface area contributed by atoms with Crippen molar-refractivity contribution in [2.75, 3.05) is 0 Å². The van der Waals surface area contributed by atoms with Crippen LogP contribution in [0.5, 0.6) is 11.5 Å². The van der Waals surface area contributed by atoms with Crippen LogP contribution in [0.25, 0.3) is 28.1 Å². The molecule has 0 bridgehead atoms. The summed E-state index contributed by atoms with van der Waals surface area (Å²) in [5, 5.41) is 29.5. The third-order valence-corrected chi connectivity index (χ3v) is 4.18. The molecule has 0 aliphatic carbocycles. The van der Waals surface area contributed by atoms with Crippen LogP contribution in [-0.4, -0.2) is 30.2 Å². The number of phenols is 2. The predicted molar refractivity (Wildman–Crippen MR) is 94.9 cm³/mol. The number of aromatic nitrogens is 4. The number of rotatable bonds is 3. The second kappa shape index (κ2) is 6.45. The molecule has 0 saturated heterocycles. The number of H-pyrrole nitrogens is 1. The number of nitrogens with one attached hydrogen (secondary N) is 1. The molecular formula is C19H13F3N4O2. The molecular weight excluding hydrogens is 373 g/mol. The molecule has 6 nitrogen and oxygen atoms in total. The first-order chi connectivity index (χ1) is 13.3. The zero-order chi connectivity index (χ0) is 19.9. The molecule has 9 heteroatoms. The number of nitrogens with zero attached hydrogens (tertiary/aromatic N) is 3. The Balaban J connectivity index is 1.90. The third-order valence-electron chi connectivity index (χ3n) is 4.18. The molecule has 0 spiro atoms. The van der Waals surface area contributed by atoms with Crippen LogP contribution in [0.1, 0.15) is 5.69 Å². The lowest BCUT2D eigenvalue weighted by molar-refractivity contribution is -0.140. The van der Waals surface area contributed by atoms with E-state index in [9.17, 15) is 23.4 Å². The van der Waals surface area contributed by atoms with Crippen LogP contribution in [0.3, 0.4) is 0 Å². The summed E-state index contributed by atoms with van der Waals surface area (Å²) >= 11 is 0. The molecule has 0 aliphatic rings. The molecule has 3 N–H and O–H groups in total. The van der Waals surface area contributed by atoms with Crippen molar-refractivity contribution in [1.82, 2.24) is 20.0 Å². The Kier molecular flexibility index (Phi) is 4.07. The van der Waals surface area contributed by atoms with E-state index in [2.05, 4.69) is 10.2 Å². The Bertz CT molecular complexity index is 1130. The van der Waals surface area contributed by atoms with Gasteiger partial charge in [-0.25, -0.2) is 4.68 Å². The number of phenolic OH excluding ortho intramolecular Hbond substituents is 2. The molecule has 0 saturated carbocycles. The van der Waals surface area contributed by atoms with Crippen molar-refractivity contribution in [2.24, 2.45) is 0 Å². The topological polar surface area (TPSA) is 87.0 Å². The average Bonchev–Trinajstić information content (AvgIpc) is 3.29. The third kappa shape index (κ3) is 3.07. The van der Waals surface area contributed by atoms with E-state index in [0.29, 0.717) is 5.69 Å². The van der Waals surface area contributed by atoms with Crippen LogP contribution in [0.2, 0.25) is 0 Å². The van der Waals surface area contributed by atoms with Gasteiger partial charge in [-0.3, -0.25) is 5.10 Å². The number of para-hydroxylation sites is 1. The fraction of sp³-hybridized carbons (Fsp3) is 0.0526. The Morgan fingerprint density at radius 3 is 2.43 bits per heavy atom. The first-order valence-corrected chi connectivity index (χ1v) is 8.13. The first-order valence-electron chi connectivity index (χ1n) is 8.13. The van der Waals surface area contributed by atoms with Gasteiger partial charge in [0.15, 0.2) is 0 Å². The zero-order valence-corrected chi connectivity index (χ0v) is 14.1. The highest BCUT2D eigenvalue weighted by Gasteiger charge is 2.38. The van der Waals surface area contributed by atoms with Gasteiger partial charge in [0.25, 0.3) is 0 Å². The van der Waals surface area contributed by atoms with Crippen molar-refractivity contribution in [2.45, 2.75) is 6.18 Å². The van der Waals surface area contributed by atoms with Crippen LogP contribution in [0.4, 0.5) is 13.2 Å². The number of alkyl halides is 3. The van der Waals surface area contributed by atoms with Crippen molar-refractivity contribution >= 4 is 0 Å². The molecule has 0 fully saturated rings. The van der Waals surface area contributed by atoms with E-state index in [4.69, 9.17) is 0 Å². The lowest BCUT2D eigenvalue weighted by Crippen LogP contribution is -2.07. The summed E-state index contributed by atoms with van der Waals surface area (Å²) in [7, 11) is 0. The number of aromatic hydroxyl groups is 2. The van der Waals surface area contributed by atoms with Crippen LogP contribution in [0.15, 0.2) is 60.9 Å². The summed E-state index contributed by atoms with van der Waals surface area (Å²) < 4.78 is 42.1. The Hall–Kier alpha value is -3.75. The lowest BCUT2D eigenvalue weighted by Gasteiger charge is -2.08. The van der Waals surface area contributed by atoms with Crippen LogP contribution in [0, 0.1) is 0 Å². The molecule has 4 aromatic rings. The summed E-state index contributed by atoms with van der Waals surface area (Å²) in [4.78, 5) is 0. The largest absolute Gasteiger partial charge is 0.508 e. The Labute approximate surface area is 156 Å². The van der Waals surface area contributed by atoms with Gasteiger partial charge >= 0.3 is 6.18 Å². The molecule has 0 unspecified atom stereocenters. The van der Waals surface area contributed by atoms with Gasteiger partial charge in [0.05, 0.1) is 11.9 Å². The maximum Gasteiger partial charge on any atom is 0.433 e. The summed E-state index contributed by atoms with van der Waals surface area (Å²) in [6.07, 6.45) is -1.94. The highest BCUT2D eigenvalue weighted by molar-refractivity contribution is 5.85. The molecule has 0 atom stereocenters. The molecule has 0 amide bonds. The van der Waals surface area contributed by atoms with Crippen LogP contribution >= 0.6 is 0 Å². The summed E-state index contributed by atoms with van der Waals surface area (Å²) in [6, 6.07) is 12.5. The van der Waals surface area contributed by atoms with Crippen molar-refractivity contribution < 1.29 is 23.4 Å². The summed E-state index contributed by atoms with van der Waals surface area (Å²) in [5.74, 6) is -0.608. The van der Waals surface area contributed by atoms with Crippen molar-refractivity contribution in [3.05, 3.63) is 66.6 Å². The maximum atomic E-state index is 13.6. The monoisotopic (exact) mass is 386 g/mol. The Morgan fingerprint density at radius 1 is 1.00 bits per heavy atom. The van der Waals surface area contributed by atoms with E-state index < -0.39 is 17.6 Å². The molecule has 28 heavy (non-hydrogen) atoms. The van der Waals surface area contributed by atoms with E-state index in [-0.39, 0.29) is 28.1 Å². The second-order valence-electron chi connectivity index (χ2n) is 6.03. The fourth-order valence-corrected chi connectivity index (χ4v) is 2.92. The number of hydrogen-bond acceptors (Lipinski definition) is 4. The van der Waals surface area contributed by atoms with E-state index in [1.807, 2.05) is 11.2 Å². The fourth-order valence-electron chi connectivity index (χ4n) is 2.92. The molecule has 2 aromatic heterocycles. The van der Waals surface area contributed by atoms with Gasteiger partial charge in [-0.2, -0.15) is 23.4 Å². The quantitative estimate of drug-likeness (QED) is 0.488. The van der Waals surface area contributed by atoms with Gasteiger partial charge in [-0.15, -0.1) is 0 Å². The zero-order valence-electron chi connectivity index (χ0n) is 14.1. The number of hydrogen-bond donors (Lipinski definition) is 3. The first kappa shape index (κ1) is 17.7. The summed E-state index contributed by atoms with van der Waals surface area (Å²) in [6.45, 7) is 0. The van der Waals surface area contributed by atoms with Gasteiger partial charge in [-0.1, -0.05) is 18.2 Å². The normalized spacial score (nSPS) is 11.7. The van der Waals surface area contributed by atoms with Crippen LogP contribution < -0.4 is 0 Å². The minimum atomic E-state index is -4.69. The van der Waals surface area contributed by atoms with E-state index in [0.717, 1.165) is 6.07 Å². The number of halogens is 3. The number of aromatic amines is 1. The molecule has 0 radical (unpaired) electrons. The average molecular weight is 386 g/mol. The van der Waals surface area contributed by atoms with Gasteiger partial charge < -0.3 is 10.2 Å². The second-order valence-corrected chi connectivity index (χ2v) is 6.03. The van der Waals surface area contributed by atoms with Gasteiger partial charge in [0.2, 0.25) is 0 Å². The van der Waals surface area contributed by atoms with Crippen molar-refractivity contribution in [1.29, 1.82) is 0 Å². The predicted octanol–water partition coefficient (Wildman–Crippen LogP) is 4.36. The van der Waals surface area contributed by atoms with Gasteiger partial charge in [0, 0.05) is 29.0 Å². The molecule has 0 aliphatic heterocycles. The van der Waals surface area contributed by atoms with Gasteiger partial charge in [-0.05, 0) is 24.3 Å². The Morgan fingerprint density at radius 2 is 1.75 bits per heavy atom. The molecule has 4 rings (SSSR count). The minimum absolute atomic E-state index is 0.0482. The molecule has 2 heterocycles. The van der Waals surface area contributed by atoms with E-state index >= 15 is 0 Å². The summed E-state index contributed by atoms with van der Waals surface area (Å²) in [5.41, 5.74) is -0.491. The van der Waals surface area contributed by atoms with Gasteiger partial charge in [0.1, 0.15) is 22.9 Å². The molecule has 2 aromatic carbocycles. The lowest BCUT2D eigenvalue weighted by atomic mass is 10.0. The number of benzene rings is 2. The smallest absolute Gasteiger partial charge is 0.433 e. The maximum absolute atomic E-state index is 13.6. The molecule has 142 valence electrons. The van der Waals surface area contributed by atoms with Crippen LogP contribution in [-0.2, 0) is 6.18 Å². The minimum Gasteiger partial charge on any atom is -0.508 e. The SMILES string of the molecule is Oc1ccc(-c2n[nH]c(C(F)(F)F)c2-c2cnn(-c3ccccc3)c2)c(O)c1. The van der Waals surface area contributed by atoms with E-state index in [1.165, 1.54) is 29.2 Å². The van der Waals surface area contributed by atoms with E-state index in [1.54, 1.807) is 24.3 Å². The highest BCUT2D eigenvalue weighted by Crippen LogP contribution is 2.43. The highest BCUT2D eigenvalue weighted by atomic mass is 19.4. The van der Waals surface area contributed by atoms with Crippen molar-refractivity contribution in [3.8, 4) is 39.6 Å². The van der Waals surface area contributed by atoms with Crippen molar-refractivity contribution in [3.63, 3.8) is 0 Å². The standard InChI is InChI=1S/C19H13F3N4O2/c20-19(21,22)18-16(11-9-23-26(10-11)12-4-2-1-3-5-12)17(24-25-18)14-7-6-13(27)8-15(14)28/h1-10,27-28H,(H,24,25).